The number of carbonyl (C=O) groups is 2. The lowest BCUT2D eigenvalue weighted by atomic mass is 10.0. The number of amides is 1. The molecule has 0 saturated carbocycles. The van der Waals surface area contributed by atoms with Gasteiger partial charge in [-0.1, -0.05) is 17.4 Å². The van der Waals surface area contributed by atoms with Gasteiger partial charge in [0.2, 0.25) is 0 Å². The Hall–Kier alpha value is -3.14. The van der Waals surface area contributed by atoms with E-state index in [4.69, 9.17) is 14.6 Å². The molecule has 138 valence electrons. The number of rotatable bonds is 8. The first kappa shape index (κ1) is 19.2. The quantitative estimate of drug-likeness (QED) is 0.532. The van der Waals surface area contributed by atoms with E-state index < -0.39 is 22.8 Å². The second-order valence-electron chi connectivity index (χ2n) is 5.13. The summed E-state index contributed by atoms with van der Waals surface area (Å²) in [4.78, 5) is 33.8. The number of thiophene rings is 1. The van der Waals surface area contributed by atoms with Gasteiger partial charge in [0.05, 0.1) is 36.5 Å². The van der Waals surface area contributed by atoms with Gasteiger partial charge in [-0.05, 0) is 23.8 Å². The summed E-state index contributed by atoms with van der Waals surface area (Å²) in [5, 5.41) is 22.3. The molecule has 0 aliphatic rings. The molecule has 0 spiro atoms. The molecule has 2 rings (SSSR count). The largest absolute Gasteiger partial charge is 0.493 e. The Morgan fingerprint density at radius 1 is 1.23 bits per heavy atom. The van der Waals surface area contributed by atoms with Crippen molar-refractivity contribution in [3.8, 4) is 11.5 Å². The fraction of sp³-hybridized carbons (Fsp3) is 0.250. The van der Waals surface area contributed by atoms with Crippen molar-refractivity contribution >= 4 is 28.2 Å². The van der Waals surface area contributed by atoms with Gasteiger partial charge in [0.1, 0.15) is 0 Å². The van der Waals surface area contributed by atoms with Crippen LogP contribution in [0.3, 0.4) is 0 Å². The van der Waals surface area contributed by atoms with Crippen molar-refractivity contribution in [3.05, 3.63) is 50.9 Å². The van der Waals surface area contributed by atoms with Crippen LogP contribution < -0.4 is 14.8 Å². The molecule has 10 heteroatoms. The molecule has 1 unspecified atom stereocenters. The van der Waals surface area contributed by atoms with E-state index in [1.807, 2.05) is 0 Å². The van der Waals surface area contributed by atoms with E-state index in [0.717, 1.165) is 0 Å². The Bertz CT molecular complexity index is 834. The molecular formula is C16H16N2O7S. The lowest BCUT2D eigenvalue weighted by Gasteiger charge is -2.18. The van der Waals surface area contributed by atoms with Crippen molar-refractivity contribution < 1.29 is 29.1 Å². The molecule has 2 N–H and O–H groups in total. The van der Waals surface area contributed by atoms with Crippen LogP contribution in [-0.2, 0) is 4.79 Å². The summed E-state index contributed by atoms with van der Waals surface area (Å²) < 4.78 is 10.3. The molecule has 0 aliphatic carbocycles. The third kappa shape index (κ3) is 4.48. The van der Waals surface area contributed by atoms with Crippen molar-refractivity contribution in [1.82, 2.24) is 5.32 Å². The second kappa shape index (κ2) is 8.30. The zero-order chi connectivity index (χ0) is 19.3. The number of hydrogen-bond donors (Lipinski definition) is 2. The van der Waals surface area contributed by atoms with Crippen LogP contribution in [0.15, 0.2) is 30.3 Å². The van der Waals surface area contributed by atoms with E-state index in [1.165, 1.54) is 26.4 Å². The molecule has 2 aromatic rings. The molecule has 0 aliphatic heterocycles. The Labute approximate surface area is 152 Å². The molecule has 0 fully saturated rings. The summed E-state index contributed by atoms with van der Waals surface area (Å²) in [6.45, 7) is 0. The number of carbonyl (C=O) groups excluding carboxylic acids is 1. The Kier molecular flexibility index (Phi) is 6.12. The van der Waals surface area contributed by atoms with Crippen molar-refractivity contribution in [3.63, 3.8) is 0 Å². The summed E-state index contributed by atoms with van der Waals surface area (Å²) in [6, 6.07) is 6.49. The van der Waals surface area contributed by atoms with E-state index in [2.05, 4.69) is 5.32 Å². The van der Waals surface area contributed by atoms with Gasteiger partial charge in [-0.3, -0.25) is 19.7 Å². The number of carboxylic acid groups (broad SMARTS) is 1. The lowest BCUT2D eigenvalue weighted by molar-refractivity contribution is -0.380. The zero-order valence-electron chi connectivity index (χ0n) is 13.9. The second-order valence-corrected chi connectivity index (χ2v) is 6.20. The molecular weight excluding hydrogens is 364 g/mol. The maximum Gasteiger partial charge on any atom is 0.324 e. The monoisotopic (exact) mass is 380 g/mol. The van der Waals surface area contributed by atoms with E-state index in [9.17, 15) is 19.7 Å². The maximum absolute atomic E-state index is 12.4. The van der Waals surface area contributed by atoms with E-state index in [1.54, 1.807) is 18.2 Å². The number of aliphatic carboxylic acids is 1. The summed E-state index contributed by atoms with van der Waals surface area (Å²) in [6.07, 6.45) is -0.366. The van der Waals surface area contributed by atoms with Crippen LogP contribution in [0, 0.1) is 10.1 Å². The number of nitro groups is 1. The third-order valence-corrected chi connectivity index (χ3v) is 4.53. The smallest absolute Gasteiger partial charge is 0.324 e. The van der Waals surface area contributed by atoms with E-state index >= 15 is 0 Å². The zero-order valence-corrected chi connectivity index (χ0v) is 14.7. The average Bonchev–Trinajstić information content (AvgIpc) is 3.10. The minimum atomic E-state index is -1.11. The number of nitrogens with zero attached hydrogens (tertiary/aromatic N) is 1. The highest BCUT2D eigenvalue weighted by atomic mass is 32.1. The van der Waals surface area contributed by atoms with Crippen LogP contribution in [0.2, 0.25) is 0 Å². The number of methoxy groups -OCH3 is 2. The topological polar surface area (TPSA) is 128 Å². The SMILES string of the molecule is COc1ccc(C(CC(=O)O)NC(=O)c2ccc([N+](=O)[O-])s2)cc1OC. The molecule has 0 saturated heterocycles. The van der Waals surface area contributed by atoms with Gasteiger partial charge < -0.3 is 19.9 Å². The maximum atomic E-state index is 12.4. The number of ether oxygens (including phenoxy) is 2. The van der Waals surface area contributed by atoms with Crippen LogP contribution in [0.1, 0.15) is 27.7 Å². The summed E-state index contributed by atoms with van der Waals surface area (Å²) in [5.41, 5.74) is 0.504. The predicted octanol–water partition coefficient (Wildman–Crippen LogP) is 2.62. The highest BCUT2D eigenvalue weighted by Crippen LogP contribution is 2.31. The Morgan fingerprint density at radius 3 is 2.46 bits per heavy atom. The molecule has 1 heterocycles. The van der Waals surface area contributed by atoms with Crippen molar-refractivity contribution in [2.45, 2.75) is 12.5 Å². The van der Waals surface area contributed by atoms with Crippen molar-refractivity contribution in [2.24, 2.45) is 0 Å². The predicted molar refractivity (Wildman–Crippen MR) is 93.0 cm³/mol. The minimum Gasteiger partial charge on any atom is -0.493 e. The number of nitrogens with one attached hydrogen (secondary N) is 1. The average molecular weight is 380 g/mol. The summed E-state index contributed by atoms with van der Waals surface area (Å²) in [5.74, 6) is -0.849. The van der Waals surface area contributed by atoms with Gasteiger partial charge in [0.15, 0.2) is 11.5 Å². The lowest BCUT2D eigenvalue weighted by Crippen LogP contribution is -2.29. The molecule has 1 atom stereocenters. The Morgan fingerprint density at radius 2 is 1.92 bits per heavy atom. The number of benzene rings is 1. The molecule has 1 aromatic carbocycles. The minimum absolute atomic E-state index is 0.118. The van der Waals surface area contributed by atoms with Gasteiger partial charge in [0.25, 0.3) is 5.91 Å². The molecule has 0 bridgehead atoms. The summed E-state index contributed by atoms with van der Waals surface area (Å²) >= 11 is 0.716. The van der Waals surface area contributed by atoms with Gasteiger partial charge >= 0.3 is 11.0 Å². The molecule has 9 nitrogen and oxygen atoms in total. The van der Waals surface area contributed by atoms with Gasteiger partial charge in [-0.25, -0.2) is 0 Å². The number of hydrogen-bond acceptors (Lipinski definition) is 7. The molecule has 0 radical (unpaired) electrons. The first-order valence-electron chi connectivity index (χ1n) is 7.34. The van der Waals surface area contributed by atoms with Crippen LogP contribution >= 0.6 is 11.3 Å². The fourth-order valence-corrected chi connectivity index (χ4v) is 3.00. The van der Waals surface area contributed by atoms with Crippen LogP contribution in [-0.4, -0.2) is 36.1 Å². The normalized spacial score (nSPS) is 11.5. The van der Waals surface area contributed by atoms with Gasteiger partial charge in [-0.2, -0.15) is 0 Å². The van der Waals surface area contributed by atoms with E-state index in [0.29, 0.717) is 28.4 Å². The highest BCUT2D eigenvalue weighted by molar-refractivity contribution is 7.17. The molecule has 26 heavy (non-hydrogen) atoms. The van der Waals surface area contributed by atoms with Gasteiger partial charge in [-0.15, -0.1) is 0 Å². The summed E-state index contributed by atoms with van der Waals surface area (Å²) in [7, 11) is 2.91. The van der Waals surface area contributed by atoms with Crippen LogP contribution in [0.4, 0.5) is 5.00 Å². The van der Waals surface area contributed by atoms with Crippen molar-refractivity contribution in [2.75, 3.05) is 14.2 Å². The molecule has 1 amide bonds. The Balaban J connectivity index is 2.28. The fourth-order valence-electron chi connectivity index (χ4n) is 2.27. The number of carboxylic acids is 1. The third-order valence-electron chi connectivity index (χ3n) is 3.49. The highest BCUT2D eigenvalue weighted by Gasteiger charge is 2.22. The standard InChI is InChI=1S/C16H16N2O7S/c1-24-11-4-3-9(7-12(11)25-2)10(8-15(19)20)17-16(21)13-5-6-14(26-13)18(22)23/h3-7,10H,8H2,1-2H3,(H,17,21)(H,19,20). The first-order chi connectivity index (χ1) is 12.3. The van der Waals surface area contributed by atoms with Crippen LogP contribution in [0.5, 0.6) is 11.5 Å². The van der Waals surface area contributed by atoms with Gasteiger partial charge in [0, 0.05) is 6.07 Å². The van der Waals surface area contributed by atoms with E-state index in [-0.39, 0.29) is 16.3 Å². The van der Waals surface area contributed by atoms with Crippen molar-refractivity contribution in [1.29, 1.82) is 0 Å². The van der Waals surface area contributed by atoms with Crippen LogP contribution in [0.25, 0.3) is 0 Å². The first-order valence-corrected chi connectivity index (χ1v) is 8.16. The molecule has 1 aromatic heterocycles.